The largest absolute Gasteiger partial charge is 0.489 e. The maximum absolute atomic E-state index is 13.5. The van der Waals surface area contributed by atoms with E-state index in [1.165, 1.54) is 12.1 Å². The van der Waals surface area contributed by atoms with E-state index < -0.39 is 15.8 Å². The second-order valence-corrected chi connectivity index (χ2v) is 7.76. The van der Waals surface area contributed by atoms with Gasteiger partial charge in [0.25, 0.3) is 5.91 Å². The van der Waals surface area contributed by atoms with E-state index >= 15 is 0 Å². The Morgan fingerprint density at radius 1 is 1.11 bits per heavy atom. The van der Waals surface area contributed by atoms with Crippen LogP contribution < -0.4 is 9.46 Å². The van der Waals surface area contributed by atoms with Crippen molar-refractivity contribution in [2.75, 3.05) is 30.2 Å². The van der Waals surface area contributed by atoms with Crippen molar-refractivity contribution >= 4 is 21.6 Å². The van der Waals surface area contributed by atoms with E-state index in [0.29, 0.717) is 24.3 Å². The van der Waals surface area contributed by atoms with Gasteiger partial charge in [0.05, 0.1) is 12.3 Å². The zero-order valence-corrected chi connectivity index (χ0v) is 16.1. The van der Waals surface area contributed by atoms with Gasteiger partial charge in [0.1, 0.15) is 6.61 Å². The fraction of sp³-hybridized carbons (Fsp3) is 0.316. The lowest BCUT2D eigenvalue weighted by Gasteiger charge is -2.21. The van der Waals surface area contributed by atoms with Crippen LogP contribution in [0.1, 0.15) is 24.2 Å². The number of likely N-dealkylation sites (N-methyl/N-ethyl adjacent to an activating group) is 1. The summed E-state index contributed by atoms with van der Waals surface area (Å²) in [6.45, 7) is 4.31. The van der Waals surface area contributed by atoms with Crippen molar-refractivity contribution in [3.05, 3.63) is 59.9 Å². The van der Waals surface area contributed by atoms with Gasteiger partial charge in [0.15, 0.2) is 11.6 Å². The van der Waals surface area contributed by atoms with Gasteiger partial charge in [-0.3, -0.25) is 9.52 Å². The minimum absolute atomic E-state index is 0.0285. The lowest BCUT2D eigenvalue weighted by Crippen LogP contribution is -2.34. The molecular weight excluding hydrogens is 371 g/mol. The Hall–Kier alpha value is -2.61. The number of hydrogen-bond donors (Lipinski definition) is 1. The van der Waals surface area contributed by atoms with Crippen LogP contribution in [0.2, 0.25) is 0 Å². The number of nitrogens with zero attached hydrogens (tertiary/aromatic N) is 1. The number of rotatable bonds is 9. The molecule has 0 aliphatic carbocycles. The summed E-state index contributed by atoms with van der Waals surface area (Å²) < 4.78 is 44.5. The van der Waals surface area contributed by atoms with E-state index in [4.69, 9.17) is 4.74 Å². The zero-order chi connectivity index (χ0) is 19.9. The third-order valence-corrected chi connectivity index (χ3v) is 5.22. The quantitative estimate of drug-likeness (QED) is 0.709. The Labute approximate surface area is 159 Å². The molecule has 0 radical (unpaired) electrons. The number of nitrogens with one attached hydrogen (secondary N) is 1. The summed E-state index contributed by atoms with van der Waals surface area (Å²) in [5.41, 5.74) is 0.835. The molecular formula is C19H23FN2O4S. The van der Waals surface area contributed by atoms with Crippen molar-refractivity contribution in [2.24, 2.45) is 0 Å². The van der Waals surface area contributed by atoms with E-state index in [1.807, 2.05) is 6.92 Å². The van der Waals surface area contributed by atoms with Crippen LogP contribution in [0.3, 0.4) is 0 Å². The number of halogens is 1. The first-order chi connectivity index (χ1) is 12.9. The van der Waals surface area contributed by atoms with Gasteiger partial charge in [-0.2, -0.15) is 0 Å². The maximum Gasteiger partial charge on any atom is 0.253 e. The SMILES string of the molecule is CCN(CCOc1ccccc1F)C(=O)c1ccc(NS(=O)(=O)CC)cc1. The maximum atomic E-state index is 13.5. The highest BCUT2D eigenvalue weighted by Crippen LogP contribution is 2.16. The van der Waals surface area contributed by atoms with Crippen LogP contribution in [0.25, 0.3) is 0 Å². The molecule has 0 heterocycles. The predicted octanol–water partition coefficient (Wildman–Crippen LogP) is 3.13. The molecule has 2 aromatic carbocycles. The average molecular weight is 394 g/mol. The highest BCUT2D eigenvalue weighted by atomic mass is 32.2. The van der Waals surface area contributed by atoms with Gasteiger partial charge in [-0.1, -0.05) is 12.1 Å². The van der Waals surface area contributed by atoms with Crippen LogP contribution >= 0.6 is 0 Å². The fourth-order valence-corrected chi connectivity index (χ4v) is 2.99. The highest BCUT2D eigenvalue weighted by molar-refractivity contribution is 7.92. The Morgan fingerprint density at radius 2 is 1.78 bits per heavy atom. The molecule has 0 aromatic heterocycles. The van der Waals surface area contributed by atoms with Crippen molar-refractivity contribution in [2.45, 2.75) is 13.8 Å². The number of carbonyl (C=O) groups excluding carboxylic acids is 1. The number of anilines is 1. The smallest absolute Gasteiger partial charge is 0.253 e. The minimum atomic E-state index is -3.36. The van der Waals surface area contributed by atoms with E-state index in [9.17, 15) is 17.6 Å². The first kappa shape index (κ1) is 20.7. The van der Waals surface area contributed by atoms with Crippen LogP contribution in [-0.4, -0.2) is 44.7 Å². The minimum Gasteiger partial charge on any atom is -0.489 e. The molecule has 6 nitrogen and oxygen atoms in total. The molecule has 0 unspecified atom stereocenters. The first-order valence-corrected chi connectivity index (χ1v) is 10.3. The monoisotopic (exact) mass is 394 g/mol. The summed E-state index contributed by atoms with van der Waals surface area (Å²) in [7, 11) is -3.36. The molecule has 1 N–H and O–H groups in total. The number of sulfonamides is 1. The lowest BCUT2D eigenvalue weighted by molar-refractivity contribution is 0.0739. The van der Waals surface area contributed by atoms with Crippen molar-refractivity contribution in [1.82, 2.24) is 4.90 Å². The average Bonchev–Trinajstić information content (AvgIpc) is 2.66. The summed E-state index contributed by atoms with van der Waals surface area (Å²) in [5, 5.41) is 0. The lowest BCUT2D eigenvalue weighted by atomic mass is 10.2. The molecule has 8 heteroatoms. The summed E-state index contributed by atoms with van der Waals surface area (Å²) in [4.78, 5) is 14.2. The molecule has 0 saturated carbocycles. The summed E-state index contributed by atoms with van der Waals surface area (Å²) in [6.07, 6.45) is 0. The predicted molar refractivity (Wildman–Crippen MR) is 103 cm³/mol. The second kappa shape index (κ2) is 9.36. The molecule has 0 spiro atoms. The number of carbonyl (C=O) groups is 1. The fourth-order valence-electron chi connectivity index (χ4n) is 2.35. The third kappa shape index (κ3) is 5.96. The van der Waals surface area contributed by atoms with Crippen LogP contribution in [0.15, 0.2) is 48.5 Å². The molecule has 2 rings (SSSR count). The Kier molecular flexibility index (Phi) is 7.18. The van der Waals surface area contributed by atoms with Gasteiger partial charge in [-0.15, -0.1) is 0 Å². The van der Waals surface area contributed by atoms with Gasteiger partial charge < -0.3 is 9.64 Å². The van der Waals surface area contributed by atoms with Crippen LogP contribution in [-0.2, 0) is 10.0 Å². The number of hydrogen-bond acceptors (Lipinski definition) is 4. The molecule has 27 heavy (non-hydrogen) atoms. The van der Waals surface area contributed by atoms with Crippen LogP contribution in [0.5, 0.6) is 5.75 Å². The second-order valence-electron chi connectivity index (χ2n) is 5.75. The molecule has 0 saturated heterocycles. The standard InChI is InChI=1S/C19H23FN2O4S/c1-3-22(13-14-26-18-8-6-5-7-17(18)20)19(23)15-9-11-16(12-10-15)21-27(24,25)4-2/h5-12,21H,3-4,13-14H2,1-2H3. The van der Waals surface area contributed by atoms with Crippen molar-refractivity contribution < 1.29 is 22.3 Å². The van der Waals surface area contributed by atoms with Crippen LogP contribution in [0, 0.1) is 5.82 Å². The molecule has 0 fully saturated rings. The van der Waals surface area contributed by atoms with Crippen LogP contribution in [0.4, 0.5) is 10.1 Å². The van der Waals surface area contributed by atoms with Gasteiger partial charge in [-0.25, -0.2) is 12.8 Å². The van der Waals surface area contributed by atoms with Crippen molar-refractivity contribution in [3.63, 3.8) is 0 Å². The normalized spacial score (nSPS) is 11.1. The highest BCUT2D eigenvalue weighted by Gasteiger charge is 2.15. The van der Waals surface area contributed by atoms with E-state index in [0.717, 1.165) is 0 Å². The number of para-hydroxylation sites is 1. The molecule has 0 aliphatic heterocycles. The number of ether oxygens (including phenoxy) is 1. The molecule has 2 aromatic rings. The van der Waals surface area contributed by atoms with Gasteiger partial charge in [0, 0.05) is 17.8 Å². The van der Waals surface area contributed by atoms with E-state index in [1.54, 1.807) is 48.2 Å². The summed E-state index contributed by atoms with van der Waals surface area (Å²) in [6, 6.07) is 12.3. The molecule has 1 amide bonds. The Bertz CT molecular complexity index is 870. The Balaban J connectivity index is 1.96. The first-order valence-electron chi connectivity index (χ1n) is 8.63. The summed E-state index contributed by atoms with van der Waals surface area (Å²) in [5.74, 6) is -0.538. The molecule has 0 atom stereocenters. The van der Waals surface area contributed by atoms with E-state index in [-0.39, 0.29) is 24.0 Å². The molecule has 0 bridgehead atoms. The van der Waals surface area contributed by atoms with Gasteiger partial charge in [0.2, 0.25) is 10.0 Å². The summed E-state index contributed by atoms with van der Waals surface area (Å²) >= 11 is 0. The number of benzene rings is 2. The zero-order valence-electron chi connectivity index (χ0n) is 15.3. The van der Waals surface area contributed by atoms with E-state index in [2.05, 4.69) is 4.72 Å². The third-order valence-electron chi connectivity index (χ3n) is 3.91. The Morgan fingerprint density at radius 3 is 2.37 bits per heavy atom. The molecule has 146 valence electrons. The van der Waals surface area contributed by atoms with Crippen molar-refractivity contribution in [3.8, 4) is 5.75 Å². The number of amides is 1. The van der Waals surface area contributed by atoms with Crippen molar-refractivity contribution in [1.29, 1.82) is 0 Å². The topological polar surface area (TPSA) is 75.7 Å². The van der Waals surface area contributed by atoms with Gasteiger partial charge >= 0.3 is 0 Å². The van der Waals surface area contributed by atoms with Gasteiger partial charge in [-0.05, 0) is 50.2 Å². The molecule has 0 aliphatic rings.